The van der Waals surface area contributed by atoms with E-state index in [1.54, 1.807) is 53.4 Å². The Bertz CT molecular complexity index is 1590. The molecule has 3 aromatic carbocycles. The van der Waals surface area contributed by atoms with Gasteiger partial charge in [-0.15, -0.1) is 0 Å². The maximum absolute atomic E-state index is 14.8. The van der Waals surface area contributed by atoms with Crippen LogP contribution in [0.4, 0.5) is 4.39 Å². The number of hydrogen-bond acceptors (Lipinski definition) is 3. The van der Waals surface area contributed by atoms with Crippen molar-refractivity contribution in [3.63, 3.8) is 0 Å². The Balaban J connectivity index is 1.23. The zero-order valence-corrected chi connectivity index (χ0v) is 19.5. The third-order valence-electron chi connectivity index (χ3n) is 6.12. The molecule has 0 aliphatic heterocycles. The number of carbonyl (C=O) groups is 1. The molecule has 0 aliphatic rings. The quantitative estimate of drug-likeness (QED) is 0.355. The highest BCUT2D eigenvalue weighted by molar-refractivity contribution is 5.94. The summed E-state index contributed by atoms with van der Waals surface area (Å²) in [5.74, 6) is -0.624. The summed E-state index contributed by atoms with van der Waals surface area (Å²) in [6.45, 7) is 0.598. The van der Waals surface area contributed by atoms with Gasteiger partial charge in [0.15, 0.2) is 0 Å². The number of fused-ring (bicyclic) bond motifs is 1. The third kappa shape index (κ3) is 5.23. The second-order valence-electron chi connectivity index (χ2n) is 8.68. The van der Waals surface area contributed by atoms with Gasteiger partial charge in [-0.3, -0.25) is 14.6 Å². The number of pyridine rings is 2. The molecule has 36 heavy (non-hydrogen) atoms. The number of hydrogen-bond donors (Lipinski definition) is 1. The predicted molar refractivity (Wildman–Crippen MR) is 138 cm³/mol. The summed E-state index contributed by atoms with van der Waals surface area (Å²) in [6.07, 6.45) is 5.62. The van der Waals surface area contributed by atoms with Crippen LogP contribution in [0.25, 0.3) is 10.8 Å². The molecule has 5 rings (SSSR count). The van der Waals surface area contributed by atoms with Gasteiger partial charge in [0, 0.05) is 42.2 Å². The molecule has 178 valence electrons. The molecule has 0 spiro atoms. The van der Waals surface area contributed by atoms with Gasteiger partial charge in [0.25, 0.3) is 11.5 Å². The molecule has 0 saturated carbocycles. The van der Waals surface area contributed by atoms with E-state index in [9.17, 15) is 14.0 Å². The van der Waals surface area contributed by atoms with Crippen molar-refractivity contribution in [1.29, 1.82) is 0 Å². The van der Waals surface area contributed by atoms with Crippen LogP contribution in [0, 0.1) is 5.82 Å². The first-order valence-corrected chi connectivity index (χ1v) is 11.7. The molecule has 1 N–H and O–H groups in total. The van der Waals surface area contributed by atoms with E-state index in [2.05, 4.69) is 10.3 Å². The Labute approximate surface area is 207 Å². The van der Waals surface area contributed by atoms with Crippen LogP contribution in [0.1, 0.15) is 32.6 Å². The van der Waals surface area contributed by atoms with Gasteiger partial charge >= 0.3 is 0 Å². The number of halogens is 1. The van der Waals surface area contributed by atoms with Gasteiger partial charge in [-0.1, -0.05) is 66.7 Å². The predicted octanol–water partition coefficient (Wildman–Crippen LogP) is 5.10. The van der Waals surface area contributed by atoms with Crippen LogP contribution in [-0.2, 0) is 19.5 Å². The van der Waals surface area contributed by atoms with Gasteiger partial charge in [0.05, 0.1) is 12.1 Å². The molecule has 0 atom stereocenters. The first-order valence-electron chi connectivity index (χ1n) is 11.7. The fourth-order valence-corrected chi connectivity index (χ4v) is 4.19. The van der Waals surface area contributed by atoms with Gasteiger partial charge in [0.2, 0.25) is 0 Å². The molecule has 0 bridgehead atoms. The zero-order chi connectivity index (χ0) is 24.9. The molecule has 0 radical (unpaired) electrons. The lowest BCUT2D eigenvalue weighted by molar-refractivity contribution is 0.0950. The van der Waals surface area contributed by atoms with Crippen LogP contribution in [0.2, 0.25) is 0 Å². The van der Waals surface area contributed by atoms with Crippen molar-refractivity contribution < 1.29 is 9.18 Å². The highest BCUT2D eigenvalue weighted by atomic mass is 19.1. The van der Waals surface area contributed by atoms with Crippen LogP contribution < -0.4 is 10.9 Å². The van der Waals surface area contributed by atoms with Crippen molar-refractivity contribution in [2.24, 2.45) is 0 Å². The van der Waals surface area contributed by atoms with Gasteiger partial charge in [-0.2, -0.15) is 0 Å². The summed E-state index contributed by atoms with van der Waals surface area (Å²) in [6, 6.07) is 25.7. The molecule has 2 heterocycles. The number of carbonyl (C=O) groups excluding carboxylic acids is 1. The van der Waals surface area contributed by atoms with Gasteiger partial charge < -0.3 is 9.88 Å². The maximum atomic E-state index is 14.8. The fourth-order valence-electron chi connectivity index (χ4n) is 4.19. The average molecular weight is 478 g/mol. The molecule has 0 saturated heterocycles. The minimum atomic E-state index is -0.319. The van der Waals surface area contributed by atoms with Crippen LogP contribution in [0.3, 0.4) is 0 Å². The lowest BCUT2D eigenvalue weighted by atomic mass is 10.0. The van der Waals surface area contributed by atoms with Gasteiger partial charge in [-0.25, -0.2) is 4.39 Å². The van der Waals surface area contributed by atoms with Crippen molar-refractivity contribution in [3.05, 3.63) is 148 Å². The van der Waals surface area contributed by atoms with Crippen molar-refractivity contribution >= 4 is 16.7 Å². The lowest BCUT2D eigenvalue weighted by Crippen LogP contribution is -2.23. The Morgan fingerprint density at radius 2 is 1.64 bits per heavy atom. The highest BCUT2D eigenvalue weighted by Crippen LogP contribution is 2.21. The Kier molecular flexibility index (Phi) is 6.67. The van der Waals surface area contributed by atoms with Gasteiger partial charge in [-0.05, 0) is 40.6 Å². The summed E-state index contributed by atoms with van der Waals surface area (Å²) in [5.41, 5.74) is 3.81. The van der Waals surface area contributed by atoms with Crippen molar-refractivity contribution in [1.82, 2.24) is 14.9 Å². The molecule has 1 amide bonds. The second-order valence-corrected chi connectivity index (χ2v) is 8.68. The van der Waals surface area contributed by atoms with E-state index < -0.39 is 0 Å². The van der Waals surface area contributed by atoms with E-state index in [1.807, 2.05) is 48.5 Å². The number of amides is 1. The minimum Gasteiger partial charge on any atom is -0.348 e. The average Bonchev–Trinajstić information content (AvgIpc) is 2.91. The van der Waals surface area contributed by atoms with Crippen LogP contribution in [-0.4, -0.2) is 15.5 Å². The van der Waals surface area contributed by atoms with Crippen LogP contribution >= 0.6 is 0 Å². The molecule has 5 nitrogen and oxygen atoms in total. The number of benzene rings is 3. The molecule has 0 fully saturated rings. The molecule has 2 aromatic heterocycles. The largest absolute Gasteiger partial charge is 0.348 e. The summed E-state index contributed by atoms with van der Waals surface area (Å²) in [7, 11) is 0. The van der Waals surface area contributed by atoms with E-state index in [4.69, 9.17) is 0 Å². The monoisotopic (exact) mass is 477 g/mol. The summed E-state index contributed by atoms with van der Waals surface area (Å²) < 4.78 is 16.5. The molecule has 0 aliphatic carbocycles. The Hall–Kier alpha value is -4.58. The first kappa shape index (κ1) is 23.2. The van der Waals surface area contributed by atoms with Crippen LogP contribution in [0.15, 0.2) is 108 Å². The molecule has 5 aromatic rings. The van der Waals surface area contributed by atoms with Crippen molar-refractivity contribution in [2.75, 3.05) is 0 Å². The van der Waals surface area contributed by atoms with Crippen molar-refractivity contribution in [3.8, 4) is 0 Å². The minimum absolute atomic E-state index is 0.0360. The lowest BCUT2D eigenvalue weighted by Gasteiger charge is -2.10. The number of nitrogens with zero attached hydrogens (tertiary/aromatic N) is 2. The van der Waals surface area contributed by atoms with E-state index >= 15 is 0 Å². The molecular weight excluding hydrogens is 453 g/mol. The van der Waals surface area contributed by atoms with Crippen LogP contribution in [0.5, 0.6) is 0 Å². The SMILES string of the molecule is O=C(NCc1ccc2ccccc2c1F)c1cncc(Cc2ccc(Cn3ccccc3=O)cc2)c1. The summed E-state index contributed by atoms with van der Waals surface area (Å²) in [4.78, 5) is 28.9. The summed E-state index contributed by atoms with van der Waals surface area (Å²) >= 11 is 0. The standard InChI is InChI=1S/C30H24FN3O2/c31-29-25(13-12-24-5-1-2-6-27(24)29)19-33-30(36)26-16-23(17-32-18-26)15-21-8-10-22(11-9-21)20-34-14-4-3-7-28(34)35/h1-14,16-18H,15,19-20H2,(H,33,36). The first-order chi connectivity index (χ1) is 17.6. The highest BCUT2D eigenvalue weighted by Gasteiger charge is 2.11. The van der Waals surface area contributed by atoms with E-state index in [0.29, 0.717) is 29.5 Å². The molecule has 6 heteroatoms. The molecular formula is C30H24FN3O2. The maximum Gasteiger partial charge on any atom is 0.253 e. The van der Waals surface area contributed by atoms with E-state index in [1.165, 1.54) is 6.20 Å². The second kappa shape index (κ2) is 10.4. The fraction of sp³-hybridized carbons (Fsp3) is 0.100. The van der Waals surface area contributed by atoms with E-state index in [-0.39, 0.29) is 23.8 Å². The van der Waals surface area contributed by atoms with Crippen molar-refractivity contribution in [2.45, 2.75) is 19.5 Å². The molecule has 0 unspecified atom stereocenters. The Morgan fingerprint density at radius 1 is 0.861 bits per heavy atom. The number of nitrogens with one attached hydrogen (secondary N) is 1. The van der Waals surface area contributed by atoms with Gasteiger partial charge in [0.1, 0.15) is 5.82 Å². The zero-order valence-electron chi connectivity index (χ0n) is 19.5. The number of rotatable bonds is 7. The normalized spacial score (nSPS) is 10.9. The Morgan fingerprint density at radius 3 is 2.47 bits per heavy atom. The smallest absolute Gasteiger partial charge is 0.253 e. The van der Waals surface area contributed by atoms with E-state index in [0.717, 1.165) is 22.1 Å². The third-order valence-corrected chi connectivity index (χ3v) is 6.12. The number of aromatic nitrogens is 2. The topological polar surface area (TPSA) is 64.0 Å². The summed E-state index contributed by atoms with van der Waals surface area (Å²) in [5, 5.41) is 4.16.